The van der Waals surface area contributed by atoms with Gasteiger partial charge >= 0.3 is 0 Å². The van der Waals surface area contributed by atoms with Crippen molar-refractivity contribution in [3.05, 3.63) is 59.9 Å². The molecule has 2 aromatic rings. The third-order valence-corrected chi connectivity index (χ3v) is 4.22. The number of nitrogens with one attached hydrogen (secondary N) is 1. The number of benzene rings is 2. The average Bonchev–Trinajstić information content (AvgIpc) is 2.50. The highest BCUT2D eigenvalue weighted by Gasteiger charge is 2.16. The van der Waals surface area contributed by atoms with Crippen molar-refractivity contribution >= 4 is 29.1 Å². The molecule has 0 aliphatic heterocycles. The number of ketones is 1. The standard InChI is InChI=1S/C17H16FNO2S/c1-11(20)13-7-9-14(10-8-13)19-17(21)12(2)22-16-6-4-3-5-15(16)18/h3-10,12H,1-2H3,(H,19,21)/t12-/m1/s1. The first-order chi connectivity index (χ1) is 10.5. The van der Waals surface area contributed by atoms with Gasteiger partial charge in [0.15, 0.2) is 5.78 Å². The van der Waals surface area contributed by atoms with Crippen LogP contribution in [0.1, 0.15) is 24.2 Å². The maximum Gasteiger partial charge on any atom is 0.237 e. The molecule has 114 valence electrons. The van der Waals surface area contributed by atoms with Gasteiger partial charge in [-0.2, -0.15) is 0 Å². The van der Waals surface area contributed by atoms with E-state index in [1.807, 2.05) is 0 Å². The fourth-order valence-electron chi connectivity index (χ4n) is 1.82. The molecular formula is C17H16FNO2S. The Labute approximate surface area is 132 Å². The number of hydrogen-bond donors (Lipinski definition) is 1. The van der Waals surface area contributed by atoms with Crippen LogP contribution < -0.4 is 5.32 Å². The van der Waals surface area contributed by atoms with Crippen molar-refractivity contribution in [3.8, 4) is 0 Å². The smallest absolute Gasteiger partial charge is 0.237 e. The molecule has 0 bridgehead atoms. The molecule has 3 nitrogen and oxygen atoms in total. The molecule has 0 aliphatic carbocycles. The number of rotatable bonds is 5. The van der Waals surface area contributed by atoms with E-state index in [-0.39, 0.29) is 17.5 Å². The van der Waals surface area contributed by atoms with Gasteiger partial charge in [0.1, 0.15) is 5.82 Å². The first-order valence-corrected chi connectivity index (χ1v) is 7.68. The first-order valence-electron chi connectivity index (χ1n) is 6.80. The lowest BCUT2D eigenvalue weighted by molar-refractivity contribution is -0.115. The van der Waals surface area contributed by atoms with Crippen molar-refractivity contribution in [1.82, 2.24) is 0 Å². The predicted molar refractivity (Wildman–Crippen MR) is 86.8 cm³/mol. The maximum atomic E-state index is 13.6. The van der Waals surface area contributed by atoms with Crippen LogP contribution in [0.25, 0.3) is 0 Å². The molecule has 0 saturated heterocycles. The minimum atomic E-state index is -0.440. The number of thioether (sulfide) groups is 1. The van der Waals surface area contributed by atoms with Crippen molar-refractivity contribution < 1.29 is 14.0 Å². The van der Waals surface area contributed by atoms with Crippen molar-refractivity contribution in [2.75, 3.05) is 5.32 Å². The molecule has 1 N–H and O–H groups in total. The van der Waals surface area contributed by atoms with Crippen LogP contribution in [-0.4, -0.2) is 16.9 Å². The summed E-state index contributed by atoms with van der Waals surface area (Å²) < 4.78 is 13.6. The van der Waals surface area contributed by atoms with Crippen LogP contribution >= 0.6 is 11.8 Å². The second kappa shape index (κ2) is 7.22. The molecule has 0 aliphatic rings. The quantitative estimate of drug-likeness (QED) is 0.665. The second-order valence-corrected chi connectivity index (χ2v) is 6.20. The lowest BCUT2D eigenvalue weighted by Gasteiger charge is -2.12. The van der Waals surface area contributed by atoms with Gasteiger partial charge < -0.3 is 5.32 Å². The summed E-state index contributed by atoms with van der Waals surface area (Å²) >= 11 is 1.16. The van der Waals surface area contributed by atoms with E-state index in [9.17, 15) is 14.0 Å². The Bertz CT molecular complexity index is 685. The summed E-state index contributed by atoms with van der Waals surface area (Å²) in [6.07, 6.45) is 0. The topological polar surface area (TPSA) is 46.2 Å². The van der Waals surface area contributed by atoms with Gasteiger partial charge in [0.25, 0.3) is 0 Å². The third kappa shape index (κ3) is 4.18. The fraction of sp³-hybridized carbons (Fsp3) is 0.176. The Hall–Kier alpha value is -2.14. The number of Topliss-reactive ketones (excluding diaryl/α,β-unsaturated/α-hetero) is 1. The summed E-state index contributed by atoms with van der Waals surface area (Å²) in [6.45, 7) is 3.21. The molecule has 0 saturated carbocycles. The normalized spacial score (nSPS) is 11.8. The van der Waals surface area contributed by atoms with E-state index in [0.717, 1.165) is 11.8 Å². The van der Waals surface area contributed by atoms with Gasteiger partial charge in [-0.15, -0.1) is 11.8 Å². The van der Waals surface area contributed by atoms with Gasteiger partial charge in [-0.1, -0.05) is 12.1 Å². The van der Waals surface area contributed by atoms with Crippen molar-refractivity contribution in [3.63, 3.8) is 0 Å². The van der Waals surface area contributed by atoms with Crippen LogP contribution in [0.3, 0.4) is 0 Å². The predicted octanol–water partition coefficient (Wildman–Crippen LogP) is 4.15. The van der Waals surface area contributed by atoms with Gasteiger partial charge in [-0.05, 0) is 50.2 Å². The van der Waals surface area contributed by atoms with E-state index >= 15 is 0 Å². The van der Waals surface area contributed by atoms with Gasteiger partial charge in [-0.25, -0.2) is 4.39 Å². The molecule has 0 unspecified atom stereocenters. The molecule has 0 radical (unpaired) electrons. The highest BCUT2D eigenvalue weighted by Crippen LogP contribution is 2.26. The minimum absolute atomic E-state index is 0.0265. The molecule has 0 spiro atoms. The van der Waals surface area contributed by atoms with Gasteiger partial charge in [0, 0.05) is 16.1 Å². The summed E-state index contributed by atoms with van der Waals surface area (Å²) in [4.78, 5) is 23.8. The molecule has 1 atom stereocenters. The Kier molecular flexibility index (Phi) is 5.33. The van der Waals surface area contributed by atoms with Crippen LogP contribution in [0.2, 0.25) is 0 Å². The maximum absolute atomic E-state index is 13.6. The van der Waals surface area contributed by atoms with Crippen LogP contribution in [0.15, 0.2) is 53.4 Å². The van der Waals surface area contributed by atoms with Gasteiger partial charge in [0.2, 0.25) is 5.91 Å². The zero-order valence-corrected chi connectivity index (χ0v) is 13.1. The lowest BCUT2D eigenvalue weighted by Crippen LogP contribution is -2.22. The Morgan fingerprint density at radius 3 is 2.32 bits per heavy atom. The molecule has 0 aromatic heterocycles. The van der Waals surface area contributed by atoms with E-state index in [1.165, 1.54) is 13.0 Å². The molecule has 0 heterocycles. The van der Waals surface area contributed by atoms with Crippen LogP contribution in [0, 0.1) is 5.82 Å². The number of anilines is 1. The summed E-state index contributed by atoms with van der Waals surface area (Å²) in [5.74, 6) is -0.580. The minimum Gasteiger partial charge on any atom is -0.325 e. The number of amides is 1. The largest absolute Gasteiger partial charge is 0.325 e. The van der Waals surface area contributed by atoms with Crippen LogP contribution in [0.4, 0.5) is 10.1 Å². The Balaban J connectivity index is 1.99. The SMILES string of the molecule is CC(=O)c1ccc(NC(=O)[C@@H](C)Sc2ccccc2F)cc1. The van der Waals surface area contributed by atoms with Gasteiger partial charge in [0.05, 0.1) is 5.25 Å². The second-order valence-electron chi connectivity index (χ2n) is 4.81. The summed E-state index contributed by atoms with van der Waals surface area (Å²) in [5.41, 5.74) is 1.20. The number of carbonyl (C=O) groups is 2. The van der Waals surface area contributed by atoms with Crippen LogP contribution in [-0.2, 0) is 4.79 Å². The molecule has 22 heavy (non-hydrogen) atoms. The van der Waals surface area contributed by atoms with Crippen molar-refractivity contribution in [1.29, 1.82) is 0 Å². The monoisotopic (exact) mass is 317 g/mol. The van der Waals surface area contributed by atoms with E-state index in [0.29, 0.717) is 16.1 Å². The summed E-state index contributed by atoms with van der Waals surface area (Å²) in [6, 6.07) is 13.0. The number of hydrogen-bond acceptors (Lipinski definition) is 3. The van der Waals surface area contributed by atoms with E-state index in [1.54, 1.807) is 49.4 Å². The zero-order valence-electron chi connectivity index (χ0n) is 12.3. The molecule has 2 rings (SSSR count). The molecule has 5 heteroatoms. The molecule has 0 fully saturated rings. The Morgan fingerprint density at radius 2 is 1.73 bits per heavy atom. The van der Waals surface area contributed by atoms with Crippen LogP contribution in [0.5, 0.6) is 0 Å². The fourth-order valence-corrected chi connectivity index (χ4v) is 2.70. The third-order valence-electron chi connectivity index (χ3n) is 3.07. The zero-order chi connectivity index (χ0) is 16.1. The lowest BCUT2D eigenvalue weighted by atomic mass is 10.1. The Morgan fingerprint density at radius 1 is 1.09 bits per heavy atom. The molecular weight excluding hydrogens is 301 g/mol. The highest BCUT2D eigenvalue weighted by atomic mass is 32.2. The average molecular weight is 317 g/mol. The molecule has 2 aromatic carbocycles. The first kappa shape index (κ1) is 16.2. The van der Waals surface area contributed by atoms with Crippen molar-refractivity contribution in [2.24, 2.45) is 0 Å². The summed E-state index contributed by atoms with van der Waals surface area (Å²) in [5, 5.41) is 2.31. The van der Waals surface area contributed by atoms with Gasteiger partial charge in [-0.3, -0.25) is 9.59 Å². The van der Waals surface area contributed by atoms with Crippen molar-refractivity contribution in [2.45, 2.75) is 24.0 Å². The number of halogens is 1. The van der Waals surface area contributed by atoms with E-state index in [4.69, 9.17) is 0 Å². The highest BCUT2D eigenvalue weighted by molar-refractivity contribution is 8.00. The molecule has 1 amide bonds. The van der Waals surface area contributed by atoms with E-state index in [2.05, 4.69) is 5.32 Å². The van der Waals surface area contributed by atoms with E-state index < -0.39 is 5.25 Å². The summed E-state index contributed by atoms with van der Waals surface area (Å²) in [7, 11) is 0. The number of carbonyl (C=O) groups excluding carboxylic acids is 2.